The SMILES string of the molecule is CC(C)N(CC(=O)O)C(=O)CC(N)C1CC1. The van der Waals surface area contributed by atoms with Crippen molar-refractivity contribution in [2.24, 2.45) is 11.7 Å². The number of amides is 1. The van der Waals surface area contributed by atoms with Crippen LogP contribution in [0.5, 0.6) is 0 Å². The van der Waals surface area contributed by atoms with Gasteiger partial charge in [0.15, 0.2) is 0 Å². The fraction of sp³-hybridized carbons (Fsp3) is 0.818. The second-order valence-electron chi connectivity index (χ2n) is 4.71. The van der Waals surface area contributed by atoms with E-state index in [2.05, 4.69) is 0 Å². The number of hydrogen-bond acceptors (Lipinski definition) is 3. The average molecular weight is 228 g/mol. The van der Waals surface area contributed by atoms with Gasteiger partial charge in [-0.25, -0.2) is 0 Å². The van der Waals surface area contributed by atoms with Crippen molar-refractivity contribution in [1.82, 2.24) is 4.90 Å². The molecule has 0 bridgehead atoms. The highest BCUT2D eigenvalue weighted by Crippen LogP contribution is 2.33. The van der Waals surface area contributed by atoms with Crippen LogP contribution in [0.3, 0.4) is 0 Å². The normalized spacial score (nSPS) is 17.2. The molecule has 0 heterocycles. The highest BCUT2D eigenvalue weighted by molar-refractivity contribution is 5.82. The van der Waals surface area contributed by atoms with E-state index in [9.17, 15) is 9.59 Å². The van der Waals surface area contributed by atoms with E-state index in [0.29, 0.717) is 5.92 Å². The van der Waals surface area contributed by atoms with Gasteiger partial charge in [-0.05, 0) is 32.6 Å². The van der Waals surface area contributed by atoms with Crippen LogP contribution in [0.15, 0.2) is 0 Å². The summed E-state index contributed by atoms with van der Waals surface area (Å²) < 4.78 is 0. The Morgan fingerprint density at radius 1 is 1.44 bits per heavy atom. The number of nitrogens with zero attached hydrogens (tertiary/aromatic N) is 1. The first-order valence-electron chi connectivity index (χ1n) is 5.68. The molecule has 0 aliphatic heterocycles. The Labute approximate surface area is 95.6 Å². The molecular formula is C11H20N2O3. The molecule has 0 saturated heterocycles. The third-order valence-electron chi connectivity index (χ3n) is 2.89. The van der Waals surface area contributed by atoms with Crippen LogP contribution in [0.1, 0.15) is 33.1 Å². The summed E-state index contributed by atoms with van der Waals surface area (Å²) in [5, 5.41) is 8.71. The monoisotopic (exact) mass is 228 g/mol. The summed E-state index contributed by atoms with van der Waals surface area (Å²) in [5.41, 5.74) is 5.85. The van der Waals surface area contributed by atoms with Gasteiger partial charge in [-0.3, -0.25) is 9.59 Å². The Hall–Kier alpha value is -1.10. The molecule has 1 aliphatic carbocycles. The minimum atomic E-state index is -0.984. The van der Waals surface area contributed by atoms with Crippen molar-refractivity contribution in [3.05, 3.63) is 0 Å². The van der Waals surface area contributed by atoms with E-state index in [-0.39, 0.29) is 31.0 Å². The van der Waals surface area contributed by atoms with Gasteiger partial charge in [0.1, 0.15) is 6.54 Å². The number of hydrogen-bond donors (Lipinski definition) is 2. The lowest BCUT2D eigenvalue weighted by Gasteiger charge is -2.26. The van der Waals surface area contributed by atoms with Crippen molar-refractivity contribution < 1.29 is 14.7 Å². The predicted octanol–water partition coefficient (Wildman–Crippen LogP) is 0.435. The standard InChI is InChI=1S/C11H20N2O3/c1-7(2)13(6-11(15)16)10(14)5-9(12)8-3-4-8/h7-9H,3-6,12H2,1-2H3,(H,15,16). The Bertz CT molecular complexity index is 274. The molecule has 5 heteroatoms. The van der Waals surface area contributed by atoms with Crippen molar-refractivity contribution in [3.63, 3.8) is 0 Å². The molecule has 1 fully saturated rings. The van der Waals surface area contributed by atoms with E-state index in [1.165, 1.54) is 4.90 Å². The minimum absolute atomic E-state index is 0.102. The Morgan fingerprint density at radius 3 is 2.38 bits per heavy atom. The molecule has 0 spiro atoms. The van der Waals surface area contributed by atoms with Gasteiger partial charge < -0.3 is 15.7 Å². The van der Waals surface area contributed by atoms with Crippen LogP contribution in [0, 0.1) is 5.92 Å². The molecule has 3 N–H and O–H groups in total. The lowest BCUT2D eigenvalue weighted by atomic mass is 10.1. The molecule has 0 radical (unpaired) electrons. The summed E-state index contributed by atoms with van der Waals surface area (Å²) in [6, 6.07) is -0.211. The minimum Gasteiger partial charge on any atom is -0.480 e. The highest BCUT2D eigenvalue weighted by atomic mass is 16.4. The molecule has 1 saturated carbocycles. The third kappa shape index (κ3) is 3.81. The molecule has 0 aromatic carbocycles. The summed E-state index contributed by atoms with van der Waals surface area (Å²) in [5.74, 6) is -0.679. The topological polar surface area (TPSA) is 83.6 Å². The molecule has 92 valence electrons. The predicted molar refractivity (Wildman–Crippen MR) is 59.8 cm³/mol. The Morgan fingerprint density at radius 2 is 2.00 bits per heavy atom. The van der Waals surface area contributed by atoms with Gasteiger partial charge in [0.2, 0.25) is 5.91 Å². The van der Waals surface area contributed by atoms with Crippen molar-refractivity contribution in [2.45, 2.75) is 45.2 Å². The fourth-order valence-electron chi connectivity index (χ4n) is 1.71. The van der Waals surface area contributed by atoms with E-state index in [1.54, 1.807) is 0 Å². The molecule has 1 rings (SSSR count). The van der Waals surface area contributed by atoms with Gasteiger partial charge in [0.05, 0.1) is 0 Å². The highest BCUT2D eigenvalue weighted by Gasteiger charge is 2.31. The van der Waals surface area contributed by atoms with E-state index < -0.39 is 5.97 Å². The first-order chi connectivity index (χ1) is 7.41. The first-order valence-corrected chi connectivity index (χ1v) is 5.68. The maximum atomic E-state index is 11.8. The number of rotatable bonds is 6. The summed E-state index contributed by atoms with van der Waals surface area (Å²) in [6.45, 7) is 3.38. The molecule has 1 amide bonds. The van der Waals surface area contributed by atoms with Crippen LogP contribution < -0.4 is 5.73 Å². The van der Waals surface area contributed by atoms with Gasteiger partial charge in [-0.2, -0.15) is 0 Å². The van der Waals surface area contributed by atoms with Crippen LogP contribution >= 0.6 is 0 Å². The molecule has 16 heavy (non-hydrogen) atoms. The lowest BCUT2D eigenvalue weighted by molar-refractivity contribution is -0.146. The summed E-state index contributed by atoms with van der Waals surface area (Å²) in [7, 11) is 0. The summed E-state index contributed by atoms with van der Waals surface area (Å²) >= 11 is 0. The molecule has 0 aromatic rings. The average Bonchev–Trinajstić information content (AvgIpc) is 2.95. The van der Waals surface area contributed by atoms with Crippen LogP contribution in [-0.2, 0) is 9.59 Å². The quantitative estimate of drug-likeness (QED) is 0.690. The van der Waals surface area contributed by atoms with Crippen LogP contribution in [-0.4, -0.2) is 40.5 Å². The summed E-state index contributed by atoms with van der Waals surface area (Å²) in [6.07, 6.45) is 2.44. The van der Waals surface area contributed by atoms with Crippen LogP contribution in [0.2, 0.25) is 0 Å². The maximum absolute atomic E-state index is 11.8. The fourth-order valence-corrected chi connectivity index (χ4v) is 1.71. The largest absolute Gasteiger partial charge is 0.480 e. The van der Waals surface area contributed by atoms with E-state index >= 15 is 0 Å². The van der Waals surface area contributed by atoms with Crippen molar-refractivity contribution in [3.8, 4) is 0 Å². The van der Waals surface area contributed by atoms with Crippen LogP contribution in [0.4, 0.5) is 0 Å². The van der Waals surface area contributed by atoms with Crippen molar-refractivity contribution >= 4 is 11.9 Å². The lowest BCUT2D eigenvalue weighted by Crippen LogP contribution is -2.43. The zero-order valence-electron chi connectivity index (χ0n) is 9.85. The van der Waals surface area contributed by atoms with Crippen molar-refractivity contribution in [2.75, 3.05) is 6.54 Å². The number of carbonyl (C=O) groups excluding carboxylic acids is 1. The number of nitrogens with two attached hydrogens (primary N) is 1. The maximum Gasteiger partial charge on any atom is 0.323 e. The third-order valence-corrected chi connectivity index (χ3v) is 2.89. The van der Waals surface area contributed by atoms with Gasteiger partial charge in [0.25, 0.3) is 0 Å². The molecule has 5 nitrogen and oxygen atoms in total. The second-order valence-corrected chi connectivity index (χ2v) is 4.71. The smallest absolute Gasteiger partial charge is 0.323 e. The van der Waals surface area contributed by atoms with Gasteiger partial charge in [-0.15, -0.1) is 0 Å². The van der Waals surface area contributed by atoms with E-state index in [1.807, 2.05) is 13.8 Å². The molecule has 1 aliphatic rings. The zero-order valence-corrected chi connectivity index (χ0v) is 9.85. The van der Waals surface area contributed by atoms with E-state index in [4.69, 9.17) is 10.8 Å². The number of aliphatic carboxylic acids is 1. The van der Waals surface area contributed by atoms with Crippen molar-refractivity contribution in [1.29, 1.82) is 0 Å². The molecule has 0 aromatic heterocycles. The molecule has 1 atom stereocenters. The number of carboxylic acid groups (broad SMARTS) is 1. The number of carboxylic acids is 1. The summed E-state index contributed by atoms with van der Waals surface area (Å²) in [4.78, 5) is 23.8. The zero-order chi connectivity index (χ0) is 12.3. The second kappa shape index (κ2) is 5.30. The Balaban J connectivity index is 2.48. The van der Waals surface area contributed by atoms with Gasteiger partial charge in [-0.1, -0.05) is 0 Å². The molecular weight excluding hydrogens is 208 g/mol. The first kappa shape index (κ1) is 13.0. The van der Waals surface area contributed by atoms with Gasteiger partial charge >= 0.3 is 5.97 Å². The van der Waals surface area contributed by atoms with E-state index in [0.717, 1.165) is 12.8 Å². The Kier molecular flexibility index (Phi) is 4.29. The molecule has 1 unspecified atom stereocenters. The van der Waals surface area contributed by atoms with Crippen LogP contribution in [0.25, 0.3) is 0 Å². The number of carbonyl (C=O) groups is 2. The van der Waals surface area contributed by atoms with Gasteiger partial charge in [0, 0.05) is 18.5 Å².